The Bertz CT molecular complexity index is 780. The molecule has 0 fully saturated rings. The minimum atomic E-state index is -1.09. The Morgan fingerprint density at radius 1 is 1.36 bits per heavy atom. The topological polar surface area (TPSA) is 62.7 Å². The van der Waals surface area contributed by atoms with Crippen LogP contribution in [0.25, 0.3) is 0 Å². The second-order valence-corrected chi connectivity index (χ2v) is 5.73. The number of fused-ring (bicyclic) bond motifs is 1. The normalized spacial score (nSPS) is 13.5. The van der Waals surface area contributed by atoms with Crippen LogP contribution in [0.3, 0.4) is 0 Å². The fraction of sp³-hybridized carbons (Fsp3) is 0.0714. The lowest BCUT2D eigenvalue weighted by atomic mass is 10.1. The van der Waals surface area contributed by atoms with Gasteiger partial charge in [-0.1, -0.05) is 23.2 Å². The number of aromatic nitrogens is 1. The fourth-order valence-electron chi connectivity index (χ4n) is 2.09. The van der Waals surface area contributed by atoms with Crippen LogP contribution < -0.4 is 9.64 Å². The number of hydrogen-bond donors (Lipinski definition) is 1. The Hall–Kier alpha value is -1.89. The molecule has 0 radical (unpaired) electrons. The Labute approximate surface area is 141 Å². The van der Waals surface area contributed by atoms with Crippen LogP contribution in [-0.4, -0.2) is 21.2 Å². The molecule has 22 heavy (non-hydrogen) atoms. The van der Waals surface area contributed by atoms with Gasteiger partial charge in [-0.3, -0.25) is 4.90 Å². The molecule has 0 amide bonds. The van der Waals surface area contributed by atoms with E-state index in [4.69, 9.17) is 45.3 Å². The maximum absolute atomic E-state index is 10.8. The number of rotatable bonds is 2. The van der Waals surface area contributed by atoms with Crippen molar-refractivity contribution in [3.63, 3.8) is 0 Å². The number of thiocarbonyl (C=S) groups is 1. The van der Waals surface area contributed by atoms with E-state index < -0.39 is 5.97 Å². The molecule has 2 heterocycles. The zero-order chi connectivity index (χ0) is 15.9. The van der Waals surface area contributed by atoms with E-state index in [0.29, 0.717) is 28.0 Å². The molecule has 1 aromatic heterocycles. The molecular weight excluding hydrogens is 347 g/mol. The number of benzene rings is 1. The van der Waals surface area contributed by atoms with Gasteiger partial charge < -0.3 is 9.84 Å². The van der Waals surface area contributed by atoms with Crippen molar-refractivity contribution < 1.29 is 14.6 Å². The highest BCUT2D eigenvalue weighted by molar-refractivity contribution is 7.80. The third-order valence-corrected chi connectivity index (χ3v) is 3.90. The van der Waals surface area contributed by atoms with Crippen LogP contribution in [0, 0.1) is 0 Å². The van der Waals surface area contributed by atoms with Gasteiger partial charge in [0.2, 0.25) is 0 Å². The zero-order valence-corrected chi connectivity index (χ0v) is 13.2. The van der Waals surface area contributed by atoms with Crippen molar-refractivity contribution in [2.45, 2.75) is 6.54 Å². The van der Waals surface area contributed by atoms with E-state index in [-0.39, 0.29) is 10.9 Å². The molecule has 5 nitrogen and oxygen atoms in total. The second-order valence-electron chi connectivity index (χ2n) is 4.54. The predicted octanol–water partition coefficient (Wildman–Crippen LogP) is 3.77. The van der Waals surface area contributed by atoms with Gasteiger partial charge in [0.25, 0.3) is 5.17 Å². The van der Waals surface area contributed by atoms with Gasteiger partial charge in [0, 0.05) is 10.6 Å². The van der Waals surface area contributed by atoms with Gasteiger partial charge in [0.05, 0.1) is 23.5 Å². The third kappa shape index (κ3) is 2.72. The average molecular weight is 355 g/mol. The van der Waals surface area contributed by atoms with E-state index >= 15 is 0 Å². The summed E-state index contributed by atoms with van der Waals surface area (Å²) >= 11 is 17.3. The van der Waals surface area contributed by atoms with Crippen molar-refractivity contribution in [1.82, 2.24) is 4.98 Å². The van der Waals surface area contributed by atoms with Crippen molar-refractivity contribution in [2.75, 3.05) is 4.90 Å². The maximum Gasteiger partial charge on any atom is 0.354 e. The predicted molar refractivity (Wildman–Crippen MR) is 87.1 cm³/mol. The van der Waals surface area contributed by atoms with Gasteiger partial charge in [0.15, 0.2) is 5.75 Å². The molecule has 0 spiro atoms. The lowest BCUT2D eigenvalue weighted by Gasteiger charge is -2.30. The molecule has 0 saturated carbocycles. The van der Waals surface area contributed by atoms with Gasteiger partial charge in [-0.15, -0.1) is 0 Å². The first-order valence-corrected chi connectivity index (χ1v) is 7.29. The van der Waals surface area contributed by atoms with E-state index in [0.717, 1.165) is 5.56 Å². The fourth-order valence-corrected chi connectivity index (χ4v) is 2.92. The number of ether oxygens (including phenoxy) is 1. The lowest BCUT2D eigenvalue weighted by molar-refractivity contribution is 0.0690. The van der Waals surface area contributed by atoms with Gasteiger partial charge in [-0.2, -0.15) is 0 Å². The number of hydrogen-bond acceptors (Lipinski definition) is 4. The Morgan fingerprint density at radius 3 is 2.77 bits per heavy atom. The molecule has 2 aromatic rings. The van der Waals surface area contributed by atoms with Gasteiger partial charge in [-0.25, -0.2) is 9.78 Å². The Balaban J connectivity index is 1.95. The molecule has 8 heteroatoms. The van der Waals surface area contributed by atoms with Crippen LogP contribution in [0.1, 0.15) is 16.1 Å². The first-order valence-electron chi connectivity index (χ1n) is 6.12. The number of aromatic carboxylic acids is 1. The molecule has 0 saturated heterocycles. The van der Waals surface area contributed by atoms with Crippen molar-refractivity contribution in [2.24, 2.45) is 0 Å². The molecule has 0 unspecified atom stereocenters. The average Bonchev–Trinajstić information content (AvgIpc) is 2.47. The molecule has 0 bridgehead atoms. The van der Waals surface area contributed by atoms with Crippen LogP contribution in [-0.2, 0) is 6.54 Å². The summed E-state index contributed by atoms with van der Waals surface area (Å²) in [6.07, 6.45) is 1.43. The highest BCUT2D eigenvalue weighted by Crippen LogP contribution is 2.37. The number of anilines is 1. The molecular formula is C14H8Cl2N2O3S. The summed E-state index contributed by atoms with van der Waals surface area (Å²) in [6, 6.07) is 6.35. The quantitative estimate of drug-likeness (QED) is 0.828. The van der Waals surface area contributed by atoms with Crippen LogP contribution >= 0.6 is 35.4 Å². The number of carboxylic acid groups (broad SMARTS) is 1. The van der Waals surface area contributed by atoms with E-state index in [1.54, 1.807) is 23.1 Å². The van der Waals surface area contributed by atoms with E-state index in [9.17, 15) is 4.79 Å². The highest BCUT2D eigenvalue weighted by Gasteiger charge is 2.26. The molecule has 1 aromatic carbocycles. The van der Waals surface area contributed by atoms with Crippen LogP contribution in [0.5, 0.6) is 5.75 Å². The van der Waals surface area contributed by atoms with E-state index in [1.165, 1.54) is 12.3 Å². The number of nitrogens with zero attached hydrogens (tertiary/aromatic N) is 2. The van der Waals surface area contributed by atoms with Crippen LogP contribution in [0.2, 0.25) is 10.0 Å². The van der Waals surface area contributed by atoms with Gasteiger partial charge >= 0.3 is 5.97 Å². The van der Waals surface area contributed by atoms with Crippen LogP contribution in [0.4, 0.5) is 5.69 Å². The number of pyridine rings is 1. The van der Waals surface area contributed by atoms with Gasteiger partial charge in [-0.05, 0) is 36.5 Å². The van der Waals surface area contributed by atoms with Crippen molar-refractivity contribution in [1.29, 1.82) is 0 Å². The van der Waals surface area contributed by atoms with E-state index in [2.05, 4.69) is 4.98 Å². The van der Waals surface area contributed by atoms with Crippen molar-refractivity contribution in [3.05, 3.63) is 51.8 Å². The van der Waals surface area contributed by atoms with Crippen molar-refractivity contribution >= 4 is 52.3 Å². The third-order valence-electron chi connectivity index (χ3n) is 3.10. The summed E-state index contributed by atoms with van der Waals surface area (Å²) in [7, 11) is 0. The van der Waals surface area contributed by atoms with Gasteiger partial charge in [0.1, 0.15) is 5.69 Å². The number of halogens is 2. The smallest absolute Gasteiger partial charge is 0.354 e. The lowest BCUT2D eigenvalue weighted by Crippen LogP contribution is -2.37. The summed E-state index contributed by atoms with van der Waals surface area (Å²) in [5.74, 6) is -0.602. The van der Waals surface area contributed by atoms with Crippen LogP contribution in [0.15, 0.2) is 30.5 Å². The SMILES string of the molecule is O=C(O)c1ccc(N2Cc3cc(Cl)cc(Cl)c3OC2=S)cn1. The number of carbonyl (C=O) groups is 1. The summed E-state index contributed by atoms with van der Waals surface area (Å²) in [5, 5.41) is 9.98. The first-order chi connectivity index (χ1) is 10.5. The summed E-state index contributed by atoms with van der Waals surface area (Å²) < 4.78 is 5.59. The molecule has 3 rings (SSSR count). The summed E-state index contributed by atoms with van der Waals surface area (Å²) in [5.41, 5.74) is 1.37. The van der Waals surface area contributed by atoms with E-state index in [1.807, 2.05) is 0 Å². The minimum Gasteiger partial charge on any atom is -0.477 e. The standard InChI is InChI=1S/C14H8Cl2N2O3S/c15-8-3-7-6-18(14(22)21-12(7)10(16)4-8)9-1-2-11(13(19)20)17-5-9/h1-5H,6H2,(H,19,20). The highest BCUT2D eigenvalue weighted by atomic mass is 35.5. The largest absolute Gasteiger partial charge is 0.477 e. The zero-order valence-electron chi connectivity index (χ0n) is 10.9. The Kier molecular flexibility index (Phi) is 3.90. The molecule has 0 aliphatic carbocycles. The van der Waals surface area contributed by atoms with Crippen molar-refractivity contribution in [3.8, 4) is 5.75 Å². The molecule has 0 atom stereocenters. The monoisotopic (exact) mass is 354 g/mol. The molecule has 1 aliphatic rings. The second kappa shape index (κ2) is 5.72. The number of carboxylic acids is 1. The molecule has 1 aliphatic heterocycles. The molecule has 112 valence electrons. The first kappa shape index (κ1) is 15.0. The minimum absolute atomic E-state index is 0.0425. The Morgan fingerprint density at radius 2 is 2.14 bits per heavy atom. The maximum atomic E-state index is 10.8. The molecule has 1 N–H and O–H groups in total. The summed E-state index contributed by atoms with van der Waals surface area (Å²) in [6.45, 7) is 0.405. The summed E-state index contributed by atoms with van der Waals surface area (Å²) in [4.78, 5) is 16.4.